The fraction of sp³-hybridized carbons (Fsp3) is 0.846. The van der Waals surface area contributed by atoms with E-state index in [-0.39, 0.29) is 23.8 Å². The lowest BCUT2D eigenvalue weighted by Crippen LogP contribution is -2.37. The summed E-state index contributed by atoms with van der Waals surface area (Å²) in [6.45, 7) is 4.14. The van der Waals surface area contributed by atoms with Gasteiger partial charge in [0.25, 0.3) is 0 Å². The summed E-state index contributed by atoms with van der Waals surface area (Å²) >= 11 is 1.87. The van der Waals surface area contributed by atoms with Gasteiger partial charge in [-0.15, -0.1) is 0 Å². The van der Waals surface area contributed by atoms with E-state index in [0.29, 0.717) is 19.3 Å². The summed E-state index contributed by atoms with van der Waals surface area (Å²) in [6, 6.07) is 0.181. The van der Waals surface area contributed by atoms with Crippen LogP contribution in [0.3, 0.4) is 0 Å². The van der Waals surface area contributed by atoms with Gasteiger partial charge in [0.15, 0.2) is 0 Å². The molecule has 1 amide bonds. The minimum atomic E-state index is -0.766. The van der Waals surface area contributed by atoms with E-state index in [4.69, 9.17) is 5.11 Å². The van der Waals surface area contributed by atoms with Crippen molar-refractivity contribution in [2.75, 3.05) is 11.5 Å². The average Bonchev–Trinajstić information content (AvgIpc) is 2.78. The Kier molecular flexibility index (Phi) is 6.54. The molecule has 0 aromatic heterocycles. The van der Waals surface area contributed by atoms with Crippen molar-refractivity contribution in [1.82, 2.24) is 5.32 Å². The number of carbonyl (C=O) groups excluding carboxylic acids is 1. The maximum absolute atomic E-state index is 11.9. The van der Waals surface area contributed by atoms with Crippen molar-refractivity contribution in [3.8, 4) is 0 Å². The van der Waals surface area contributed by atoms with Crippen LogP contribution >= 0.6 is 11.8 Å². The van der Waals surface area contributed by atoms with Gasteiger partial charge < -0.3 is 10.4 Å². The number of hydrogen-bond donors (Lipinski definition) is 2. The van der Waals surface area contributed by atoms with Gasteiger partial charge in [0.05, 0.1) is 5.92 Å². The van der Waals surface area contributed by atoms with Crippen LogP contribution in [-0.2, 0) is 9.59 Å². The van der Waals surface area contributed by atoms with Crippen LogP contribution in [0.2, 0.25) is 0 Å². The summed E-state index contributed by atoms with van der Waals surface area (Å²) in [5, 5.41) is 11.9. The van der Waals surface area contributed by atoms with E-state index < -0.39 is 5.97 Å². The maximum Gasteiger partial charge on any atom is 0.306 e. The number of rotatable bonds is 7. The fourth-order valence-electron chi connectivity index (χ4n) is 2.28. The summed E-state index contributed by atoms with van der Waals surface area (Å²) in [5.41, 5.74) is 0. The highest BCUT2D eigenvalue weighted by Crippen LogP contribution is 2.31. The Labute approximate surface area is 113 Å². The Morgan fingerprint density at radius 3 is 2.61 bits per heavy atom. The number of carbonyl (C=O) groups is 2. The topological polar surface area (TPSA) is 66.4 Å². The zero-order valence-electron chi connectivity index (χ0n) is 11.1. The van der Waals surface area contributed by atoms with Crippen molar-refractivity contribution in [3.05, 3.63) is 0 Å². The number of hydrogen-bond acceptors (Lipinski definition) is 3. The number of amides is 1. The number of thioether (sulfide) groups is 1. The molecule has 1 aliphatic rings. The molecule has 0 aromatic rings. The summed E-state index contributed by atoms with van der Waals surface area (Å²) in [4.78, 5) is 22.8. The summed E-state index contributed by atoms with van der Waals surface area (Å²) in [5.74, 6) is 0.994. The van der Waals surface area contributed by atoms with Crippen LogP contribution in [0, 0.1) is 11.8 Å². The minimum absolute atomic E-state index is 0.0350. The van der Waals surface area contributed by atoms with E-state index >= 15 is 0 Å². The van der Waals surface area contributed by atoms with Gasteiger partial charge in [-0.3, -0.25) is 9.59 Å². The molecule has 0 aromatic carbocycles. The minimum Gasteiger partial charge on any atom is -0.481 e. The molecule has 1 rings (SSSR count). The van der Waals surface area contributed by atoms with Gasteiger partial charge in [0.2, 0.25) is 5.91 Å². The monoisotopic (exact) mass is 273 g/mol. The van der Waals surface area contributed by atoms with E-state index in [1.807, 2.05) is 18.7 Å². The SMILES string of the molecule is CCSCCC(C)NC(=O)[C@@H]1CC[C@H](C(=O)O)C1. The Morgan fingerprint density at radius 2 is 2.06 bits per heavy atom. The molecule has 3 atom stereocenters. The predicted octanol–water partition coefficient (Wildman–Crippen LogP) is 2.14. The van der Waals surface area contributed by atoms with Crippen LogP contribution in [-0.4, -0.2) is 34.5 Å². The molecule has 1 aliphatic carbocycles. The van der Waals surface area contributed by atoms with Gasteiger partial charge in [-0.25, -0.2) is 0 Å². The van der Waals surface area contributed by atoms with Gasteiger partial charge in [-0.05, 0) is 44.1 Å². The first kappa shape index (κ1) is 15.3. The first-order valence-corrected chi connectivity index (χ1v) is 7.81. The van der Waals surface area contributed by atoms with Crippen LogP contribution in [0.15, 0.2) is 0 Å². The van der Waals surface area contributed by atoms with Gasteiger partial charge in [0, 0.05) is 12.0 Å². The molecule has 2 N–H and O–H groups in total. The molecule has 18 heavy (non-hydrogen) atoms. The molecule has 0 bridgehead atoms. The maximum atomic E-state index is 11.9. The molecule has 0 spiro atoms. The van der Waals surface area contributed by atoms with Crippen LogP contribution in [0.25, 0.3) is 0 Å². The second-order valence-electron chi connectivity index (χ2n) is 4.94. The van der Waals surface area contributed by atoms with Crippen LogP contribution in [0.4, 0.5) is 0 Å². The third-order valence-electron chi connectivity index (χ3n) is 3.44. The van der Waals surface area contributed by atoms with E-state index in [1.165, 1.54) is 0 Å². The first-order valence-electron chi connectivity index (χ1n) is 6.65. The Hall–Kier alpha value is -0.710. The highest BCUT2D eigenvalue weighted by molar-refractivity contribution is 7.99. The van der Waals surface area contributed by atoms with Crippen LogP contribution in [0.1, 0.15) is 39.5 Å². The number of carboxylic acids is 1. The van der Waals surface area contributed by atoms with Gasteiger partial charge in [0.1, 0.15) is 0 Å². The largest absolute Gasteiger partial charge is 0.481 e. The Morgan fingerprint density at radius 1 is 1.39 bits per heavy atom. The van der Waals surface area contributed by atoms with Crippen molar-refractivity contribution < 1.29 is 14.7 Å². The van der Waals surface area contributed by atoms with Gasteiger partial charge in [-0.1, -0.05) is 6.92 Å². The third-order valence-corrected chi connectivity index (χ3v) is 4.37. The van der Waals surface area contributed by atoms with Crippen molar-refractivity contribution in [1.29, 1.82) is 0 Å². The Balaban J connectivity index is 2.26. The summed E-state index contributed by atoms with van der Waals surface area (Å²) in [6.07, 6.45) is 2.81. The molecular formula is C13H23NO3S. The lowest BCUT2D eigenvalue weighted by molar-refractivity contribution is -0.141. The molecular weight excluding hydrogens is 250 g/mol. The smallest absolute Gasteiger partial charge is 0.306 e. The highest BCUT2D eigenvalue weighted by Gasteiger charge is 2.33. The van der Waals surface area contributed by atoms with E-state index in [9.17, 15) is 9.59 Å². The lowest BCUT2D eigenvalue weighted by atomic mass is 10.0. The predicted molar refractivity (Wildman–Crippen MR) is 73.7 cm³/mol. The highest BCUT2D eigenvalue weighted by atomic mass is 32.2. The second-order valence-corrected chi connectivity index (χ2v) is 6.33. The van der Waals surface area contributed by atoms with Gasteiger partial charge >= 0.3 is 5.97 Å². The van der Waals surface area contributed by atoms with Crippen LogP contribution in [0.5, 0.6) is 0 Å². The molecule has 1 saturated carbocycles. The summed E-state index contributed by atoms with van der Waals surface area (Å²) in [7, 11) is 0. The number of aliphatic carboxylic acids is 1. The van der Waals surface area contributed by atoms with E-state index in [2.05, 4.69) is 12.2 Å². The van der Waals surface area contributed by atoms with Gasteiger partial charge in [-0.2, -0.15) is 11.8 Å². The lowest BCUT2D eigenvalue weighted by Gasteiger charge is -2.16. The molecule has 0 aliphatic heterocycles. The molecule has 5 heteroatoms. The molecule has 0 radical (unpaired) electrons. The Bertz CT molecular complexity index is 296. The quantitative estimate of drug-likeness (QED) is 0.697. The molecule has 1 fully saturated rings. The number of carboxylic acid groups (broad SMARTS) is 1. The number of nitrogens with one attached hydrogen (secondary N) is 1. The standard InChI is InChI=1S/C13H23NO3S/c1-3-18-7-6-9(2)14-12(15)10-4-5-11(8-10)13(16)17/h9-11H,3-8H2,1-2H3,(H,14,15)(H,16,17)/t9?,10-,11+/m1/s1. The zero-order chi connectivity index (χ0) is 13.5. The zero-order valence-corrected chi connectivity index (χ0v) is 12.0. The second kappa shape index (κ2) is 7.67. The normalized spacial score (nSPS) is 24.8. The molecule has 1 unspecified atom stereocenters. The summed E-state index contributed by atoms with van der Waals surface area (Å²) < 4.78 is 0. The van der Waals surface area contributed by atoms with Crippen molar-refractivity contribution >= 4 is 23.6 Å². The molecule has 0 heterocycles. The molecule has 104 valence electrons. The van der Waals surface area contributed by atoms with Crippen molar-refractivity contribution in [2.24, 2.45) is 11.8 Å². The fourth-order valence-corrected chi connectivity index (χ4v) is 3.09. The molecule has 0 saturated heterocycles. The van der Waals surface area contributed by atoms with E-state index in [1.54, 1.807) is 0 Å². The van der Waals surface area contributed by atoms with E-state index in [0.717, 1.165) is 17.9 Å². The molecule has 4 nitrogen and oxygen atoms in total. The van der Waals surface area contributed by atoms with Crippen molar-refractivity contribution in [3.63, 3.8) is 0 Å². The van der Waals surface area contributed by atoms with Crippen LogP contribution < -0.4 is 5.32 Å². The third kappa shape index (κ3) is 4.88. The van der Waals surface area contributed by atoms with Crippen molar-refractivity contribution in [2.45, 2.75) is 45.6 Å². The first-order chi connectivity index (χ1) is 8.54. The average molecular weight is 273 g/mol.